The fourth-order valence-electron chi connectivity index (χ4n) is 1.64. The van der Waals surface area contributed by atoms with Crippen molar-refractivity contribution in [3.8, 4) is 0 Å². The van der Waals surface area contributed by atoms with Crippen LogP contribution in [0.4, 0.5) is 5.69 Å². The first-order chi connectivity index (χ1) is 9.85. The lowest BCUT2D eigenvalue weighted by Crippen LogP contribution is -2.19. The van der Waals surface area contributed by atoms with Crippen LogP contribution in [0.25, 0.3) is 0 Å². The lowest BCUT2D eigenvalue weighted by molar-refractivity contribution is 0.587. The van der Waals surface area contributed by atoms with Crippen molar-refractivity contribution in [1.29, 1.82) is 0 Å². The molecule has 0 radical (unpaired) electrons. The summed E-state index contributed by atoms with van der Waals surface area (Å²) in [5.74, 6) is 0. The highest BCUT2D eigenvalue weighted by Gasteiger charge is 2.16. The highest BCUT2D eigenvalue weighted by Crippen LogP contribution is 2.17. The van der Waals surface area contributed by atoms with Crippen molar-refractivity contribution in [2.75, 3.05) is 11.8 Å². The Morgan fingerprint density at radius 1 is 0.714 bits per heavy atom. The number of nitrogens with one attached hydrogen (secondary N) is 2. The number of sulfonamides is 2. The minimum Gasteiger partial charge on any atom is -0.280 e. The maximum atomic E-state index is 12.2. The minimum absolute atomic E-state index is 0.00339. The van der Waals surface area contributed by atoms with Crippen LogP contribution in [-0.4, -0.2) is 23.9 Å². The van der Waals surface area contributed by atoms with Gasteiger partial charge in [0, 0.05) is 5.69 Å². The smallest absolute Gasteiger partial charge is 0.261 e. The van der Waals surface area contributed by atoms with Gasteiger partial charge in [-0.15, -0.1) is 0 Å². The molecule has 0 atom stereocenters. The molecule has 0 amide bonds. The second-order valence-electron chi connectivity index (χ2n) is 4.15. The van der Waals surface area contributed by atoms with E-state index in [1.54, 1.807) is 30.3 Å². The first-order valence-corrected chi connectivity index (χ1v) is 8.93. The molecule has 21 heavy (non-hydrogen) atoms. The summed E-state index contributed by atoms with van der Waals surface area (Å²) in [7, 11) is -6.04. The van der Waals surface area contributed by atoms with Crippen molar-refractivity contribution in [3.63, 3.8) is 0 Å². The molecule has 0 aliphatic heterocycles. The van der Waals surface area contributed by atoms with Gasteiger partial charge >= 0.3 is 0 Å². The molecule has 0 aliphatic carbocycles. The zero-order chi connectivity index (χ0) is 15.5. The highest BCUT2D eigenvalue weighted by molar-refractivity contribution is 7.92. The van der Waals surface area contributed by atoms with Crippen LogP contribution < -0.4 is 9.44 Å². The average Bonchev–Trinajstić information content (AvgIpc) is 2.48. The van der Waals surface area contributed by atoms with Crippen molar-refractivity contribution in [3.05, 3.63) is 54.6 Å². The number of hydrogen-bond donors (Lipinski definition) is 2. The molecule has 2 aromatic carbocycles. The summed E-state index contributed by atoms with van der Waals surface area (Å²) in [4.78, 5) is -0.00920. The van der Waals surface area contributed by atoms with Gasteiger partial charge < -0.3 is 0 Å². The first kappa shape index (κ1) is 15.5. The molecule has 0 fully saturated rings. The number of anilines is 1. The van der Waals surface area contributed by atoms with Gasteiger partial charge in [-0.3, -0.25) is 4.72 Å². The van der Waals surface area contributed by atoms with Crippen molar-refractivity contribution in [2.45, 2.75) is 9.79 Å². The maximum Gasteiger partial charge on any atom is 0.261 e. The van der Waals surface area contributed by atoms with Crippen LogP contribution >= 0.6 is 0 Å². The zero-order valence-electron chi connectivity index (χ0n) is 11.1. The van der Waals surface area contributed by atoms with Crippen molar-refractivity contribution in [1.82, 2.24) is 4.72 Å². The molecule has 2 aromatic rings. The van der Waals surface area contributed by atoms with Gasteiger partial charge in [-0.2, -0.15) is 0 Å². The van der Waals surface area contributed by atoms with Gasteiger partial charge in [0.15, 0.2) is 0 Å². The Morgan fingerprint density at radius 3 is 1.67 bits per heavy atom. The largest absolute Gasteiger partial charge is 0.280 e. The third kappa shape index (κ3) is 3.60. The topological polar surface area (TPSA) is 92.3 Å². The Hall–Kier alpha value is -1.90. The summed E-state index contributed by atoms with van der Waals surface area (Å²) in [6.07, 6.45) is 0. The molecular weight excluding hydrogens is 312 g/mol. The molecule has 0 heterocycles. The predicted octanol–water partition coefficient (Wildman–Crippen LogP) is 1.40. The molecule has 8 heteroatoms. The summed E-state index contributed by atoms with van der Waals surface area (Å²) in [5, 5.41) is 0. The van der Waals surface area contributed by atoms with E-state index in [1.165, 1.54) is 31.3 Å². The molecule has 0 saturated heterocycles. The van der Waals surface area contributed by atoms with Crippen LogP contribution in [0.2, 0.25) is 0 Å². The standard InChI is InChI=1S/C13H14N2O4S2/c1-14-20(16,17)12-7-9-13(10-8-12)21(18,19)15-11-5-3-2-4-6-11/h2-10,14-15H,1H3. The van der Waals surface area contributed by atoms with E-state index in [-0.39, 0.29) is 9.79 Å². The van der Waals surface area contributed by atoms with E-state index in [1.807, 2.05) is 0 Å². The molecule has 0 saturated carbocycles. The SMILES string of the molecule is CNS(=O)(=O)c1ccc(S(=O)(=O)Nc2ccccc2)cc1. The number of benzene rings is 2. The Kier molecular flexibility index (Phi) is 4.31. The van der Waals surface area contributed by atoms with Crippen LogP contribution in [0.5, 0.6) is 0 Å². The third-order valence-electron chi connectivity index (χ3n) is 2.74. The molecule has 0 aliphatic rings. The molecule has 0 spiro atoms. The van der Waals surface area contributed by atoms with E-state index in [0.29, 0.717) is 5.69 Å². The van der Waals surface area contributed by atoms with Gasteiger partial charge in [0.05, 0.1) is 9.79 Å². The Labute approximate surface area is 123 Å². The lowest BCUT2D eigenvalue weighted by atomic mass is 10.3. The summed E-state index contributed by atoms with van der Waals surface area (Å²) < 4.78 is 52.0. The average molecular weight is 326 g/mol. The first-order valence-electron chi connectivity index (χ1n) is 5.97. The van der Waals surface area contributed by atoms with Gasteiger partial charge in [0.25, 0.3) is 10.0 Å². The van der Waals surface area contributed by atoms with Gasteiger partial charge in [-0.05, 0) is 43.4 Å². The van der Waals surface area contributed by atoms with Crippen molar-refractivity contribution >= 4 is 25.7 Å². The van der Waals surface area contributed by atoms with Crippen molar-refractivity contribution < 1.29 is 16.8 Å². The van der Waals surface area contributed by atoms with Crippen LogP contribution in [0.1, 0.15) is 0 Å². The molecular formula is C13H14N2O4S2. The molecule has 2 N–H and O–H groups in total. The summed E-state index contributed by atoms with van der Waals surface area (Å²) >= 11 is 0. The summed E-state index contributed by atoms with van der Waals surface area (Å²) in [5.41, 5.74) is 0.435. The van der Waals surface area contributed by atoms with Gasteiger partial charge in [0.1, 0.15) is 0 Å². The highest BCUT2D eigenvalue weighted by atomic mass is 32.2. The van der Waals surface area contributed by atoms with E-state index in [0.717, 1.165) is 0 Å². The quantitative estimate of drug-likeness (QED) is 0.868. The maximum absolute atomic E-state index is 12.2. The van der Waals surface area contributed by atoms with Gasteiger partial charge in [0.2, 0.25) is 10.0 Å². The van der Waals surface area contributed by atoms with E-state index >= 15 is 0 Å². The minimum atomic E-state index is -3.75. The number of para-hydroxylation sites is 1. The Bertz CT molecular complexity index is 814. The van der Waals surface area contributed by atoms with E-state index in [2.05, 4.69) is 9.44 Å². The fourth-order valence-corrected chi connectivity index (χ4v) is 3.42. The van der Waals surface area contributed by atoms with Crippen molar-refractivity contribution in [2.24, 2.45) is 0 Å². The van der Waals surface area contributed by atoms with Crippen LogP contribution in [0, 0.1) is 0 Å². The number of rotatable bonds is 5. The zero-order valence-corrected chi connectivity index (χ0v) is 12.8. The van der Waals surface area contributed by atoms with Crippen LogP contribution in [0.3, 0.4) is 0 Å². The van der Waals surface area contributed by atoms with Crippen LogP contribution in [-0.2, 0) is 20.0 Å². The second-order valence-corrected chi connectivity index (χ2v) is 7.72. The Morgan fingerprint density at radius 2 is 1.19 bits per heavy atom. The van der Waals surface area contributed by atoms with Gasteiger partial charge in [-0.1, -0.05) is 18.2 Å². The second kappa shape index (κ2) is 5.84. The monoisotopic (exact) mass is 326 g/mol. The molecule has 2 rings (SSSR count). The molecule has 112 valence electrons. The van der Waals surface area contributed by atoms with E-state index in [4.69, 9.17) is 0 Å². The Balaban J connectivity index is 2.30. The molecule has 0 aromatic heterocycles. The van der Waals surface area contributed by atoms with Crippen LogP contribution in [0.15, 0.2) is 64.4 Å². The fraction of sp³-hybridized carbons (Fsp3) is 0.0769. The van der Waals surface area contributed by atoms with E-state index in [9.17, 15) is 16.8 Å². The van der Waals surface area contributed by atoms with Gasteiger partial charge in [-0.25, -0.2) is 21.6 Å². The molecule has 0 bridgehead atoms. The summed E-state index contributed by atoms with van der Waals surface area (Å²) in [6, 6.07) is 13.4. The predicted molar refractivity (Wildman–Crippen MR) is 79.9 cm³/mol. The molecule has 6 nitrogen and oxygen atoms in total. The summed E-state index contributed by atoms with van der Waals surface area (Å²) in [6.45, 7) is 0. The lowest BCUT2D eigenvalue weighted by Gasteiger charge is -2.08. The number of hydrogen-bond acceptors (Lipinski definition) is 4. The van der Waals surface area contributed by atoms with E-state index < -0.39 is 20.0 Å². The third-order valence-corrected chi connectivity index (χ3v) is 5.57. The normalized spacial score (nSPS) is 12.0. The molecule has 0 unspecified atom stereocenters.